The zero-order chi connectivity index (χ0) is 12.5. The standard InChI is InChI=1S/C12H11N5O/c13-12-16-9(10-11(17-12)15-6-14-10)8-4-2-1-3-7(8)5-18/h1-4,6,18H,5H2,(H3,13,14,15,16,17). The quantitative estimate of drug-likeness (QED) is 0.623. The molecule has 0 aliphatic heterocycles. The highest BCUT2D eigenvalue weighted by Gasteiger charge is 2.13. The molecular formula is C12H11N5O. The number of aromatic nitrogens is 4. The van der Waals surface area contributed by atoms with E-state index in [0.717, 1.165) is 11.1 Å². The largest absolute Gasteiger partial charge is 0.392 e. The zero-order valence-electron chi connectivity index (χ0n) is 9.46. The van der Waals surface area contributed by atoms with Crippen LogP contribution in [0.15, 0.2) is 30.6 Å². The summed E-state index contributed by atoms with van der Waals surface area (Å²) in [6.07, 6.45) is 1.55. The van der Waals surface area contributed by atoms with Crippen LogP contribution in [0, 0.1) is 0 Å². The van der Waals surface area contributed by atoms with Gasteiger partial charge in [-0.1, -0.05) is 24.3 Å². The van der Waals surface area contributed by atoms with Crippen molar-refractivity contribution in [1.82, 2.24) is 19.9 Å². The van der Waals surface area contributed by atoms with Gasteiger partial charge in [-0.25, -0.2) is 9.97 Å². The highest BCUT2D eigenvalue weighted by molar-refractivity contribution is 5.88. The molecule has 0 spiro atoms. The number of benzene rings is 1. The summed E-state index contributed by atoms with van der Waals surface area (Å²) in [5.41, 5.74) is 9.16. The number of aromatic amines is 1. The molecule has 0 radical (unpaired) electrons. The first kappa shape index (κ1) is 10.7. The van der Waals surface area contributed by atoms with E-state index in [-0.39, 0.29) is 12.6 Å². The van der Waals surface area contributed by atoms with E-state index in [1.165, 1.54) is 0 Å². The molecule has 4 N–H and O–H groups in total. The summed E-state index contributed by atoms with van der Waals surface area (Å²) >= 11 is 0. The van der Waals surface area contributed by atoms with Crippen molar-refractivity contribution < 1.29 is 5.11 Å². The van der Waals surface area contributed by atoms with Crippen molar-refractivity contribution in [1.29, 1.82) is 0 Å². The SMILES string of the molecule is Nc1nc(-c2ccccc2CO)c2[nH]cnc2n1. The van der Waals surface area contributed by atoms with Crippen LogP contribution in [0.4, 0.5) is 5.95 Å². The molecule has 3 rings (SSSR count). The Morgan fingerprint density at radius 1 is 1.22 bits per heavy atom. The van der Waals surface area contributed by atoms with E-state index in [9.17, 15) is 5.11 Å². The van der Waals surface area contributed by atoms with E-state index >= 15 is 0 Å². The van der Waals surface area contributed by atoms with Crippen LogP contribution in [-0.4, -0.2) is 25.0 Å². The number of hydrogen-bond acceptors (Lipinski definition) is 5. The first-order valence-corrected chi connectivity index (χ1v) is 5.45. The Hall–Kier alpha value is -2.47. The Morgan fingerprint density at radius 3 is 2.89 bits per heavy atom. The second kappa shape index (κ2) is 4.08. The fourth-order valence-corrected chi connectivity index (χ4v) is 1.93. The predicted molar refractivity (Wildman–Crippen MR) is 67.5 cm³/mol. The number of imidazole rings is 1. The molecule has 0 saturated carbocycles. The van der Waals surface area contributed by atoms with E-state index in [1.807, 2.05) is 24.3 Å². The number of anilines is 1. The lowest BCUT2D eigenvalue weighted by Gasteiger charge is -2.07. The second-order valence-electron chi connectivity index (χ2n) is 3.85. The van der Waals surface area contributed by atoms with Gasteiger partial charge in [0.15, 0.2) is 5.65 Å². The van der Waals surface area contributed by atoms with Gasteiger partial charge in [-0.15, -0.1) is 0 Å². The average molecular weight is 241 g/mol. The first-order valence-electron chi connectivity index (χ1n) is 5.45. The van der Waals surface area contributed by atoms with E-state index in [0.29, 0.717) is 16.9 Å². The lowest BCUT2D eigenvalue weighted by Crippen LogP contribution is -1.99. The van der Waals surface area contributed by atoms with Gasteiger partial charge in [-0.3, -0.25) is 0 Å². The Morgan fingerprint density at radius 2 is 2.06 bits per heavy atom. The molecule has 0 saturated heterocycles. The number of aliphatic hydroxyl groups is 1. The molecule has 0 fully saturated rings. The van der Waals surface area contributed by atoms with Crippen LogP contribution in [-0.2, 0) is 6.61 Å². The molecule has 2 heterocycles. The average Bonchev–Trinajstić information content (AvgIpc) is 2.85. The third-order valence-corrected chi connectivity index (χ3v) is 2.75. The van der Waals surface area contributed by atoms with Crippen LogP contribution < -0.4 is 5.73 Å². The van der Waals surface area contributed by atoms with Gasteiger partial charge < -0.3 is 15.8 Å². The van der Waals surface area contributed by atoms with Crippen molar-refractivity contribution in [2.45, 2.75) is 6.61 Å². The van der Waals surface area contributed by atoms with E-state index < -0.39 is 0 Å². The number of H-pyrrole nitrogens is 1. The van der Waals surface area contributed by atoms with E-state index in [4.69, 9.17) is 5.73 Å². The number of nitrogens with two attached hydrogens (primary N) is 1. The summed E-state index contributed by atoms with van der Waals surface area (Å²) in [6, 6.07) is 7.47. The Bertz CT molecular complexity index is 707. The number of hydrogen-bond donors (Lipinski definition) is 3. The van der Waals surface area contributed by atoms with Gasteiger partial charge in [0.25, 0.3) is 0 Å². The van der Waals surface area contributed by atoms with Crippen molar-refractivity contribution in [2.24, 2.45) is 0 Å². The molecule has 18 heavy (non-hydrogen) atoms. The van der Waals surface area contributed by atoms with Gasteiger partial charge in [0.1, 0.15) is 11.2 Å². The van der Waals surface area contributed by atoms with Crippen molar-refractivity contribution in [3.05, 3.63) is 36.2 Å². The van der Waals surface area contributed by atoms with E-state index in [2.05, 4.69) is 19.9 Å². The summed E-state index contributed by atoms with van der Waals surface area (Å²) in [5, 5.41) is 9.37. The number of nitrogen functional groups attached to an aromatic ring is 1. The van der Waals surface area contributed by atoms with Crippen LogP contribution in [0.25, 0.3) is 22.4 Å². The summed E-state index contributed by atoms with van der Waals surface area (Å²) in [4.78, 5) is 15.3. The topological polar surface area (TPSA) is 101 Å². The molecule has 2 aromatic heterocycles. The summed E-state index contributed by atoms with van der Waals surface area (Å²) in [5.74, 6) is 0.164. The van der Waals surface area contributed by atoms with Gasteiger partial charge in [-0.2, -0.15) is 4.98 Å². The van der Waals surface area contributed by atoms with Crippen molar-refractivity contribution >= 4 is 17.1 Å². The predicted octanol–water partition coefficient (Wildman–Crippen LogP) is 1.09. The Kier molecular flexibility index (Phi) is 2.42. The van der Waals surface area contributed by atoms with Crippen LogP contribution in [0.5, 0.6) is 0 Å². The third kappa shape index (κ3) is 1.59. The van der Waals surface area contributed by atoms with Crippen molar-refractivity contribution in [3.63, 3.8) is 0 Å². The van der Waals surface area contributed by atoms with Crippen LogP contribution in [0.1, 0.15) is 5.56 Å². The molecule has 6 heteroatoms. The minimum absolute atomic E-state index is 0.0598. The molecule has 0 unspecified atom stereocenters. The number of aliphatic hydroxyl groups excluding tert-OH is 1. The number of fused-ring (bicyclic) bond motifs is 1. The van der Waals surface area contributed by atoms with Gasteiger partial charge >= 0.3 is 0 Å². The lowest BCUT2D eigenvalue weighted by molar-refractivity contribution is 0.282. The Labute approximate surface area is 103 Å². The lowest BCUT2D eigenvalue weighted by atomic mass is 10.0. The normalized spacial score (nSPS) is 10.9. The van der Waals surface area contributed by atoms with Gasteiger partial charge in [-0.05, 0) is 5.56 Å². The molecule has 90 valence electrons. The molecule has 1 aromatic carbocycles. The van der Waals surface area contributed by atoms with Crippen LogP contribution in [0.3, 0.4) is 0 Å². The highest BCUT2D eigenvalue weighted by Crippen LogP contribution is 2.27. The summed E-state index contributed by atoms with van der Waals surface area (Å²) < 4.78 is 0. The van der Waals surface area contributed by atoms with Gasteiger partial charge in [0.05, 0.1) is 12.9 Å². The maximum Gasteiger partial charge on any atom is 0.222 e. The molecule has 0 aliphatic rings. The maximum atomic E-state index is 9.37. The number of nitrogens with one attached hydrogen (secondary N) is 1. The second-order valence-corrected chi connectivity index (χ2v) is 3.85. The minimum Gasteiger partial charge on any atom is -0.392 e. The van der Waals surface area contributed by atoms with Crippen LogP contribution >= 0.6 is 0 Å². The van der Waals surface area contributed by atoms with E-state index in [1.54, 1.807) is 6.33 Å². The minimum atomic E-state index is -0.0598. The fourth-order valence-electron chi connectivity index (χ4n) is 1.93. The molecular weight excluding hydrogens is 230 g/mol. The zero-order valence-corrected chi connectivity index (χ0v) is 9.46. The van der Waals surface area contributed by atoms with Gasteiger partial charge in [0.2, 0.25) is 5.95 Å². The molecule has 0 atom stereocenters. The monoisotopic (exact) mass is 241 g/mol. The maximum absolute atomic E-state index is 9.37. The fraction of sp³-hybridized carbons (Fsp3) is 0.0833. The van der Waals surface area contributed by atoms with Crippen LogP contribution in [0.2, 0.25) is 0 Å². The van der Waals surface area contributed by atoms with Crippen molar-refractivity contribution in [2.75, 3.05) is 5.73 Å². The molecule has 0 amide bonds. The summed E-state index contributed by atoms with van der Waals surface area (Å²) in [7, 11) is 0. The summed E-state index contributed by atoms with van der Waals surface area (Å²) in [6.45, 7) is -0.0598. The number of rotatable bonds is 2. The number of nitrogens with zero attached hydrogens (tertiary/aromatic N) is 3. The smallest absolute Gasteiger partial charge is 0.222 e. The van der Waals surface area contributed by atoms with Gasteiger partial charge in [0, 0.05) is 5.56 Å². The Balaban J connectivity index is 2.34. The highest BCUT2D eigenvalue weighted by atomic mass is 16.3. The molecule has 0 bridgehead atoms. The molecule has 0 aliphatic carbocycles. The molecule has 3 aromatic rings. The van der Waals surface area contributed by atoms with Crippen molar-refractivity contribution in [3.8, 4) is 11.3 Å². The first-order chi connectivity index (χ1) is 8.79. The third-order valence-electron chi connectivity index (χ3n) is 2.75. The molecule has 6 nitrogen and oxygen atoms in total.